The first-order valence-corrected chi connectivity index (χ1v) is 5.02. The van der Waals surface area contributed by atoms with Crippen molar-refractivity contribution in [3.05, 3.63) is 41.2 Å². The molecular formula is C10H13BrN2. The van der Waals surface area contributed by atoms with E-state index in [1.165, 1.54) is 0 Å². The molecule has 0 aliphatic rings. The summed E-state index contributed by atoms with van der Waals surface area (Å²) in [5, 5.41) is 0. The van der Waals surface area contributed by atoms with E-state index < -0.39 is 0 Å². The Morgan fingerprint density at radius 3 is 3.08 bits per heavy atom. The van der Waals surface area contributed by atoms with Gasteiger partial charge in [-0.25, -0.2) is 0 Å². The van der Waals surface area contributed by atoms with E-state index in [9.17, 15) is 0 Å². The number of rotatable bonds is 4. The molecule has 1 atom stereocenters. The topological polar surface area (TPSA) is 38.9 Å². The van der Waals surface area contributed by atoms with Crippen LogP contribution in [0.2, 0.25) is 0 Å². The van der Waals surface area contributed by atoms with Crippen LogP contribution in [-0.4, -0.2) is 4.98 Å². The lowest BCUT2D eigenvalue weighted by Crippen LogP contribution is -2.12. The van der Waals surface area contributed by atoms with E-state index in [1.807, 2.05) is 18.2 Å². The molecule has 1 aromatic rings. The summed E-state index contributed by atoms with van der Waals surface area (Å²) in [4.78, 5) is 4.22. The van der Waals surface area contributed by atoms with Crippen molar-refractivity contribution in [1.82, 2.24) is 4.98 Å². The predicted molar refractivity (Wildman–Crippen MR) is 58.3 cm³/mol. The fourth-order valence-electron chi connectivity index (χ4n) is 1.10. The molecular weight excluding hydrogens is 228 g/mol. The number of halogens is 1. The van der Waals surface area contributed by atoms with Crippen molar-refractivity contribution >= 4 is 15.9 Å². The fourth-order valence-corrected chi connectivity index (χ4v) is 1.65. The lowest BCUT2D eigenvalue weighted by molar-refractivity contribution is 0.639. The summed E-state index contributed by atoms with van der Waals surface area (Å²) in [6.07, 6.45) is 5.44. The van der Waals surface area contributed by atoms with Crippen LogP contribution < -0.4 is 5.73 Å². The Bertz CT molecular complexity index is 286. The van der Waals surface area contributed by atoms with E-state index in [2.05, 4.69) is 27.5 Å². The van der Waals surface area contributed by atoms with E-state index >= 15 is 0 Å². The zero-order valence-electron chi connectivity index (χ0n) is 7.41. The number of nitrogens with two attached hydrogens (primary N) is 1. The average Bonchev–Trinajstić information content (AvgIpc) is 2.15. The quantitative estimate of drug-likeness (QED) is 0.823. The number of allylic oxidation sites excluding steroid dienone is 1. The lowest BCUT2D eigenvalue weighted by atomic mass is 10.1. The van der Waals surface area contributed by atoms with Gasteiger partial charge in [0.1, 0.15) is 0 Å². The van der Waals surface area contributed by atoms with Crippen LogP contribution >= 0.6 is 15.9 Å². The van der Waals surface area contributed by atoms with Crippen molar-refractivity contribution in [1.29, 1.82) is 0 Å². The molecule has 3 heteroatoms. The van der Waals surface area contributed by atoms with Gasteiger partial charge in [-0.05, 0) is 40.9 Å². The number of nitrogens with zero attached hydrogens (tertiary/aromatic N) is 1. The Hall–Kier alpha value is -0.670. The summed E-state index contributed by atoms with van der Waals surface area (Å²) < 4.78 is 0.978. The Balaban J connectivity index is 2.70. The zero-order chi connectivity index (χ0) is 9.68. The zero-order valence-corrected chi connectivity index (χ0v) is 9.00. The van der Waals surface area contributed by atoms with Gasteiger partial charge in [0.2, 0.25) is 0 Å². The van der Waals surface area contributed by atoms with Gasteiger partial charge >= 0.3 is 0 Å². The molecule has 0 spiro atoms. The number of aromatic nitrogens is 1. The number of hydrogen-bond acceptors (Lipinski definition) is 2. The van der Waals surface area contributed by atoms with E-state index in [0.29, 0.717) is 0 Å². The molecule has 13 heavy (non-hydrogen) atoms. The van der Waals surface area contributed by atoms with Gasteiger partial charge in [-0.2, -0.15) is 0 Å². The first kappa shape index (κ1) is 10.4. The third kappa shape index (κ3) is 2.94. The highest BCUT2D eigenvalue weighted by Gasteiger charge is 2.09. The molecule has 0 aromatic carbocycles. The first-order chi connectivity index (χ1) is 6.25. The second-order valence-electron chi connectivity index (χ2n) is 2.84. The molecule has 1 rings (SSSR count). The van der Waals surface area contributed by atoms with Crippen LogP contribution in [0.15, 0.2) is 35.5 Å². The van der Waals surface area contributed by atoms with Crippen LogP contribution in [-0.2, 0) is 0 Å². The van der Waals surface area contributed by atoms with E-state index in [-0.39, 0.29) is 6.04 Å². The molecule has 2 nitrogen and oxygen atoms in total. The highest BCUT2D eigenvalue weighted by atomic mass is 79.9. The maximum atomic E-state index is 5.94. The summed E-state index contributed by atoms with van der Waals surface area (Å²) in [6, 6.07) is 3.83. The molecule has 0 saturated heterocycles. The van der Waals surface area contributed by atoms with Gasteiger partial charge in [0, 0.05) is 16.7 Å². The van der Waals surface area contributed by atoms with Crippen molar-refractivity contribution in [2.24, 2.45) is 5.73 Å². The number of pyridine rings is 1. The smallest absolute Gasteiger partial charge is 0.0712 e. The standard InChI is InChI=1S/C10H13BrN2/c1-2-3-6-9(12)10-8(11)5-4-7-13-10/h2,4-5,7,9H,1,3,6,12H2/t9-/m1/s1. The predicted octanol–water partition coefficient (Wildman–Crippen LogP) is 2.81. The Kier molecular flexibility index (Phi) is 4.12. The maximum Gasteiger partial charge on any atom is 0.0712 e. The van der Waals surface area contributed by atoms with Gasteiger partial charge in [-0.1, -0.05) is 6.08 Å². The molecule has 2 N–H and O–H groups in total. The van der Waals surface area contributed by atoms with Gasteiger partial charge in [0.25, 0.3) is 0 Å². The van der Waals surface area contributed by atoms with Crippen LogP contribution in [0.1, 0.15) is 24.6 Å². The minimum absolute atomic E-state index is 0.00595. The second-order valence-corrected chi connectivity index (χ2v) is 3.70. The van der Waals surface area contributed by atoms with Crippen molar-refractivity contribution < 1.29 is 0 Å². The summed E-state index contributed by atoms with van der Waals surface area (Å²) >= 11 is 3.42. The normalized spacial score (nSPS) is 12.5. The molecule has 0 aliphatic heterocycles. The minimum Gasteiger partial charge on any atom is -0.323 e. The maximum absolute atomic E-state index is 5.94. The minimum atomic E-state index is -0.00595. The highest BCUT2D eigenvalue weighted by Crippen LogP contribution is 2.21. The van der Waals surface area contributed by atoms with Crippen molar-refractivity contribution in [2.45, 2.75) is 18.9 Å². The van der Waals surface area contributed by atoms with Crippen LogP contribution in [0.4, 0.5) is 0 Å². The molecule has 0 radical (unpaired) electrons. The van der Waals surface area contributed by atoms with E-state index in [0.717, 1.165) is 23.0 Å². The van der Waals surface area contributed by atoms with Gasteiger partial charge in [-0.15, -0.1) is 6.58 Å². The Labute approximate surface area is 87.0 Å². The van der Waals surface area contributed by atoms with Crippen molar-refractivity contribution in [3.8, 4) is 0 Å². The van der Waals surface area contributed by atoms with Gasteiger partial charge in [0.05, 0.1) is 5.69 Å². The van der Waals surface area contributed by atoms with Crippen LogP contribution in [0.25, 0.3) is 0 Å². The molecule has 0 bridgehead atoms. The second kappa shape index (κ2) is 5.14. The van der Waals surface area contributed by atoms with Crippen LogP contribution in [0.5, 0.6) is 0 Å². The van der Waals surface area contributed by atoms with Gasteiger partial charge in [0.15, 0.2) is 0 Å². The van der Waals surface area contributed by atoms with Crippen LogP contribution in [0, 0.1) is 0 Å². The molecule has 0 amide bonds. The third-order valence-corrected chi connectivity index (χ3v) is 2.49. The van der Waals surface area contributed by atoms with Crippen molar-refractivity contribution in [2.75, 3.05) is 0 Å². The summed E-state index contributed by atoms with van der Waals surface area (Å²) in [5.74, 6) is 0. The molecule has 0 unspecified atom stereocenters. The van der Waals surface area contributed by atoms with E-state index in [4.69, 9.17) is 5.73 Å². The average molecular weight is 241 g/mol. The summed E-state index contributed by atoms with van der Waals surface area (Å²) in [7, 11) is 0. The van der Waals surface area contributed by atoms with Gasteiger partial charge < -0.3 is 5.73 Å². The molecule has 0 saturated carbocycles. The summed E-state index contributed by atoms with van der Waals surface area (Å²) in [6.45, 7) is 3.66. The number of hydrogen-bond donors (Lipinski definition) is 1. The lowest BCUT2D eigenvalue weighted by Gasteiger charge is -2.10. The third-order valence-electron chi connectivity index (χ3n) is 1.82. The van der Waals surface area contributed by atoms with Crippen LogP contribution in [0.3, 0.4) is 0 Å². The molecule has 1 aromatic heterocycles. The van der Waals surface area contributed by atoms with Gasteiger partial charge in [-0.3, -0.25) is 4.98 Å². The highest BCUT2D eigenvalue weighted by molar-refractivity contribution is 9.10. The largest absolute Gasteiger partial charge is 0.323 e. The van der Waals surface area contributed by atoms with E-state index in [1.54, 1.807) is 6.20 Å². The molecule has 0 aliphatic carbocycles. The molecule has 1 heterocycles. The Morgan fingerprint density at radius 1 is 1.69 bits per heavy atom. The summed E-state index contributed by atoms with van der Waals surface area (Å²) in [5.41, 5.74) is 6.86. The molecule has 70 valence electrons. The first-order valence-electron chi connectivity index (χ1n) is 4.22. The van der Waals surface area contributed by atoms with Crippen molar-refractivity contribution in [3.63, 3.8) is 0 Å². The Morgan fingerprint density at radius 2 is 2.46 bits per heavy atom. The fraction of sp³-hybridized carbons (Fsp3) is 0.300. The molecule has 0 fully saturated rings. The monoisotopic (exact) mass is 240 g/mol. The SMILES string of the molecule is C=CCC[C@@H](N)c1ncccc1Br.